The van der Waals surface area contributed by atoms with Crippen molar-refractivity contribution in [3.8, 4) is 11.8 Å². The van der Waals surface area contributed by atoms with Gasteiger partial charge in [-0.05, 0) is 48.6 Å². The highest BCUT2D eigenvalue weighted by molar-refractivity contribution is 5.87. The second-order valence-corrected chi connectivity index (χ2v) is 16.1. The van der Waals surface area contributed by atoms with Crippen molar-refractivity contribution in [1.29, 1.82) is 0 Å². The van der Waals surface area contributed by atoms with Gasteiger partial charge in [-0.3, -0.25) is 0 Å². The first-order chi connectivity index (χ1) is 26.0. The maximum Gasteiger partial charge on any atom is 0.344 e. The topological polar surface area (TPSA) is 35.5 Å². The van der Waals surface area contributed by atoms with Crippen LogP contribution in [0, 0.1) is 11.8 Å². The van der Waals surface area contributed by atoms with Crippen LogP contribution in [-0.4, -0.2) is 19.2 Å². The van der Waals surface area contributed by atoms with Crippen molar-refractivity contribution < 1.29 is 14.3 Å². The lowest BCUT2D eigenvalue weighted by Crippen LogP contribution is -2.38. The molecule has 0 aliphatic heterocycles. The Kier molecular flexibility index (Phi) is 28.3. The van der Waals surface area contributed by atoms with Crippen LogP contribution in [-0.2, 0) is 19.9 Å². The van der Waals surface area contributed by atoms with Crippen molar-refractivity contribution in [3.63, 3.8) is 0 Å². The van der Waals surface area contributed by atoms with Crippen molar-refractivity contribution in [2.75, 3.05) is 7.11 Å². The number of benzene rings is 2. The van der Waals surface area contributed by atoms with Gasteiger partial charge in [0, 0.05) is 13.5 Å². The number of ether oxygens (including phenoxy) is 2. The molecule has 0 aliphatic carbocycles. The molecular weight excluding hydrogens is 649 g/mol. The van der Waals surface area contributed by atoms with Crippen LogP contribution >= 0.6 is 0 Å². The van der Waals surface area contributed by atoms with Crippen molar-refractivity contribution in [2.24, 2.45) is 0 Å². The Labute approximate surface area is 328 Å². The molecule has 0 aliphatic rings. The molecule has 53 heavy (non-hydrogen) atoms. The van der Waals surface area contributed by atoms with Crippen LogP contribution in [0.5, 0.6) is 0 Å². The predicted molar refractivity (Wildman–Crippen MR) is 230 cm³/mol. The number of rotatable bonds is 34. The molecule has 0 radical (unpaired) electrons. The van der Waals surface area contributed by atoms with Gasteiger partial charge >= 0.3 is 5.97 Å². The largest absolute Gasteiger partial charge is 0.447 e. The molecule has 0 spiro atoms. The lowest BCUT2D eigenvalue weighted by atomic mass is 9.93. The predicted octanol–water partition coefficient (Wildman–Crippen LogP) is 15.7. The molecule has 0 amide bonds. The summed E-state index contributed by atoms with van der Waals surface area (Å²) in [5.74, 6) is 6.42. The van der Waals surface area contributed by atoms with Gasteiger partial charge < -0.3 is 9.47 Å². The molecule has 2 aromatic rings. The zero-order valence-corrected chi connectivity index (χ0v) is 35.3. The summed E-state index contributed by atoms with van der Waals surface area (Å²) in [5.41, 5.74) is -0.377. The van der Waals surface area contributed by atoms with Gasteiger partial charge in [0.1, 0.15) is 0 Å². The molecule has 3 nitrogen and oxygen atoms in total. The first-order valence-electron chi connectivity index (χ1n) is 22.8. The van der Waals surface area contributed by atoms with Gasteiger partial charge in [0.25, 0.3) is 0 Å². The van der Waals surface area contributed by atoms with Crippen molar-refractivity contribution in [1.82, 2.24) is 0 Å². The van der Waals surface area contributed by atoms with Crippen LogP contribution in [0.3, 0.4) is 0 Å². The lowest BCUT2D eigenvalue weighted by Gasteiger charge is -2.28. The van der Waals surface area contributed by atoms with E-state index in [9.17, 15) is 4.79 Å². The number of carbonyl (C=O) groups excluding carboxylic acids is 1. The Morgan fingerprint density at radius 2 is 0.981 bits per heavy atom. The number of carbonyl (C=O) groups is 1. The summed E-state index contributed by atoms with van der Waals surface area (Å²) in [5, 5.41) is 2.23. The number of hydrogen-bond acceptors (Lipinski definition) is 3. The summed E-state index contributed by atoms with van der Waals surface area (Å²) in [6.45, 7) is 6.40. The maximum absolute atomic E-state index is 13.8. The fourth-order valence-corrected chi connectivity index (χ4v) is 7.50. The highest BCUT2D eigenvalue weighted by atomic mass is 16.6. The number of unbranched alkanes of at least 4 members (excludes halogenated alkanes) is 28. The number of fused-ring (bicyclic) bond motifs is 1. The second-order valence-electron chi connectivity index (χ2n) is 16.1. The van der Waals surface area contributed by atoms with Gasteiger partial charge in [-0.25, -0.2) is 4.79 Å². The average molecular weight is 731 g/mol. The SMILES string of the molecule is CCCCCCCCCCCCCCC#C[C@H](CCCCCCCCCCCCCCCCCCC)OC(=O)[C@@](C)(OC)c1ccc2ccccc2c1. The van der Waals surface area contributed by atoms with E-state index in [-0.39, 0.29) is 5.97 Å². The molecule has 2 rings (SSSR count). The summed E-state index contributed by atoms with van der Waals surface area (Å²) >= 11 is 0. The zero-order valence-electron chi connectivity index (χ0n) is 35.3. The summed E-state index contributed by atoms with van der Waals surface area (Å²) < 4.78 is 12.1. The van der Waals surface area contributed by atoms with Gasteiger partial charge in [-0.1, -0.05) is 235 Å². The normalized spacial score (nSPS) is 13.1. The molecule has 0 fully saturated rings. The van der Waals surface area contributed by atoms with Gasteiger partial charge in [-0.2, -0.15) is 0 Å². The highest BCUT2D eigenvalue weighted by Crippen LogP contribution is 2.30. The molecule has 2 atom stereocenters. The molecule has 0 heterocycles. The summed E-state index contributed by atoms with van der Waals surface area (Å²) in [6.07, 6.45) is 40.4. The van der Waals surface area contributed by atoms with E-state index in [1.807, 2.05) is 31.2 Å². The average Bonchev–Trinajstić information content (AvgIpc) is 3.18. The second kappa shape index (κ2) is 32.0. The Morgan fingerprint density at radius 1 is 0.566 bits per heavy atom. The maximum atomic E-state index is 13.8. The first-order valence-corrected chi connectivity index (χ1v) is 22.8. The van der Waals surface area contributed by atoms with E-state index in [0.717, 1.165) is 42.0 Å². The highest BCUT2D eigenvalue weighted by Gasteiger charge is 2.38. The number of esters is 1. The van der Waals surface area contributed by atoms with E-state index in [1.54, 1.807) is 7.11 Å². The van der Waals surface area contributed by atoms with Gasteiger partial charge in [0.2, 0.25) is 0 Å². The minimum absolute atomic E-state index is 0.355. The number of hydrogen-bond donors (Lipinski definition) is 0. The van der Waals surface area contributed by atoms with Crippen molar-refractivity contribution in [3.05, 3.63) is 48.0 Å². The molecule has 2 aromatic carbocycles. The van der Waals surface area contributed by atoms with Gasteiger partial charge in [0.15, 0.2) is 11.7 Å². The standard InChI is InChI=1S/C50H82O3/c1-5-7-9-11-13-15-17-19-21-22-23-25-27-29-31-33-35-41-48(40-34-32-30-28-26-24-20-18-16-14-12-10-8-6-2)53-49(51)50(3,52-4)47-43-42-45-38-36-37-39-46(45)44-47/h36-39,42-44,48H,5-33,35,41H2,1-4H3/t48-,50+/m1/s1. The summed E-state index contributed by atoms with van der Waals surface area (Å²) in [4.78, 5) is 13.8. The summed E-state index contributed by atoms with van der Waals surface area (Å²) in [7, 11) is 1.60. The van der Waals surface area contributed by atoms with Crippen molar-refractivity contribution >= 4 is 16.7 Å². The fraction of sp³-hybridized carbons (Fsp3) is 0.740. The molecule has 0 bridgehead atoms. The van der Waals surface area contributed by atoms with E-state index >= 15 is 0 Å². The smallest absolute Gasteiger partial charge is 0.344 e. The molecule has 0 unspecified atom stereocenters. The quantitative estimate of drug-likeness (QED) is 0.0409. The van der Waals surface area contributed by atoms with Gasteiger partial charge in [0.05, 0.1) is 0 Å². The van der Waals surface area contributed by atoms with E-state index in [1.165, 1.54) is 173 Å². The minimum atomic E-state index is -1.19. The monoisotopic (exact) mass is 731 g/mol. The molecule has 0 saturated carbocycles. The Balaban J connectivity index is 1.73. The van der Waals surface area contributed by atoms with Crippen LogP contribution < -0.4 is 0 Å². The summed E-state index contributed by atoms with van der Waals surface area (Å²) in [6, 6.07) is 14.3. The van der Waals surface area contributed by atoms with Crippen LogP contribution in [0.4, 0.5) is 0 Å². The lowest BCUT2D eigenvalue weighted by molar-refractivity contribution is -0.171. The van der Waals surface area contributed by atoms with E-state index < -0.39 is 11.7 Å². The third-order valence-corrected chi connectivity index (χ3v) is 11.3. The molecule has 300 valence electrons. The molecular formula is C50H82O3. The van der Waals surface area contributed by atoms with Crippen LogP contribution in [0.15, 0.2) is 42.5 Å². The number of methoxy groups -OCH3 is 1. The zero-order chi connectivity index (χ0) is 38.1. The molecule has 0 N–H and O–H groups in total. The third kappa shape index (κ3) is 22.0. The van der Waals surface area contributed by atoms with Crippen LogP contribution in [0.1, 0.15) is 225 Å². The van der Waals surface area contributed by atoms with E-state index in [2.05, 4.69) is 43.9 Å². The minimum Gasteiger partial charge on any atom is -0.447 e. The van der Waals surface area contributed by atoms with E-state index in [4.69, 9.17) is 9.47 Å². The van der Waals surface area contributed by atoms with Gasteiger partial charge in [-0.15, -0.1) is 0 Å². The van der Waals surface area contributed by atoms with Crippen molar-refractivity contribution in [2.45, 2.75) is 232 Å². The van der Waals surface area contributed by atoms with E-state index in [0.29, 0.717) is 0 Å². The third-order valence-electron chi connectivity index (χ3n) is 11.3. The molecule has 0 aromatic heterocycles. The van der Waals surface area contributed by atoms with Crippen LogP contribution in [0.25, 0.3) is 10.8 Å². The Bertz CT molecular complexity index is 1220. The first kappa shape index (κ1) is 46.8. The fourth-order valence-electron chi connectivity index (χ4n) is 7.50. The van der Waals surface area contributed by atoms with Crippen LogP contribution in [0.2, 0.25) is 0 Å². The Morgan fingerprint density at radius 3 is 1.43 bits per heavy atom. The molecule has 0 saturated heterocycles. The Hall–Kier alpha value is -2.31. The molecule has 3 heteroatoms.